The molecule has 1 aromatic carbocycles. The summed E-state index contributed by atoms with van der Waals surface area (Å²) >= 11 is 2.12. The van der Waals surface area contributed by atoms with Crippen molar-refractivity contribution in [1.82, 2.24) is 4.98 Å². The molecule has 2 aromatic rings. The number of aromatic nitrogens is 1. The Balaban J connectivity index is 2.28. The summed E-state index contributed by atoms with van der Waals surface area (Å²) in [5.74, 6) is -0.0705. The molecule has 0 fully saturated rings. The number of benzene rings is 1. The van der Waals surface area contributed by atoms with E-state index in [0.717, 1.165) is 14.7 Å². The lowest BCUT2D eigenvalue weighted by Gasteiger charge is -2.21. The minimum absolute atomic E-state index is 0.153. The molecule has 0 aliphatic carbocycles. The highest BCUT2D eigenvalue weighted by atomic mass is 127. The monoisotopic (exact) mass is 356 g/mol. The maximum Gasteiger partial charge on any atom is 0.124 e. The van der Waals surface area contributed by atoms with Gasteiger partial charge in [0.05, 0.1) is 0 Å². The molecule has 0 bridgehead atoms. The van der Waals surface area contributed by atoms with E-state index in [-0.39, 0.29) is 17.8 Å². The average molecular weight is 356 g/mol. The zero-order chi connectivity index (χ0) is 13.1. The molecule has 2 nitrogen and oxygen atoms in total. The molecule has 0 aliphatic heterocycles. The first-order valence-corrected chi connectivity index (χ1v) is 6.78. The third kappa shape index (κ3) is 2.87. The van der Waals surface area contributed by atoms with Crippen LogP contribution in [0.4, 0.5) is 4.39 Å². The summed E-state index contributed by atoms with van der Waals surface area (Å²) < 4.78 is 13.9. The number of hydrogen-bond donors (Lipinski definition) is 1. The van der Waals surface area contributed by atoms with E-state index in [2.05, 4.69) is 34.5 Å². The first kappa shape index (κ1) is 13.4. The van der Waals surface area contributed by atoms with E-state index in [1.54, 1.807) is 18.5 Å². The molecule has 0 saturated heterocycles. The van der Waals surface area contributed by atoms with Crippen molar-refractivity contribution in [3.8, 4) is 0 Å². The molecule has 4 heteroatoms. The molecule has 1 heterocycles. The summed E-state index contributed by atoms with van der Waals surface area (Å²) in [6.07, 6.45) is 3.52. The van der Waals surface area contributed by atoms with E-state index in [0.29, 0.717) is 0 Å². The van der Waals surface area contributed by atoms with Crippen LogP contribution in [0.3, 0.4) is 0 Å². The smallest absolute Gasteiger partial charge is 0.124 e. The molecule has 0 spiro atoms. The predicted octanol–water partition coefficient (Wildman–Crippen LogP) is 3.63. The maximum absolute atomic E-state index is 13.1. The molecule has 0 saturated carbocycles. The first-order valence-electron chi connectivity index (χ1n) is 5.70. The van der Waals surface area contributed by atoms with Crippen LogP contribution in [0.25, 0.3) is 0 Å². The van der Waals surface area contributed by atoms with Crippen molar-refractivity contribution in [1.29, 1.82) is 0 Å². The number of rotatable bonds is 3. The highest BCUT2D eigenvalue weighted by Crippen LogP contribution is 2.31. The molecule has 0 aliphatic rings. The molecule has 94 valence electrons. The van der Waals surface area contributed by atoms with Crippen molar-refractivity contribution in [3.63, 3.8) is 0 Å². The van der Waals surface area contributed by atoms with Gasteiger partial charge in [0.1, 0.15) is 5.82 Å². The summed E-state index contributed by atoms with van der Waals surface area (Å²) in [4.78, 5) is 4.00. The minimum Gasteiger partial charge on any atom is -0.323 e. The van der Waals surface area contributed by atoms with Gasteiger partial charge in [-0.2, -0.15) is 0 Å². The van der Waals surface area contributed by atoms with Crippen LogP contribution in [0, 0.1) is 9.39 Å². The Morgan fingerprint density at radius 3 is 2.50 bits per heavy atom. The van der Waals surface area contributed by atoms with Crippen LogP contribution in [-0.2, 0) is 0 Å². The molecule has 2 rings (SSSR count). The minimum atomic E-state index is -0.230. The van der Waals surface area contributed by atoms with Gasteiger partial charge < -0.3 is 5.73 Å². The van der Waals surface area contributed by atoms with E-state index in [1.807, 2.05) is 12.1 Å². The molecule has 2 N–H and O–H groups in total. The van der Waals surface area contributed by atoms with Crippen molar-refractivity contribution in [2.24, 2.45) is 5.73 Å². The van der Waals surface area contributed by atoms with Gasteiger partial charge in [-0.3, -0.25) is 4.98 Å². The highest BCUT2D eigenvalue weighted by Gasteiger charge is 2.19. The number of pyridine rings is 1. The third-order valence-corrected chi connectivity index (χ3v) is 4.03. The van der Waals surface area contributed by atoms with Gasteiger partial charge in [0, 0.05) is 27.9 Å². The topological polar surface area (TPSA) is 38.9 Å². The highest BCUT2D eigenvalue weighted by molar-refractivity contribution is 14.1. The Hall–Kier alpha value is -1.01. The molecule has 2 unspecified atom stereocenters. The molecular formula is C14H14FIN2. The maximum atomic E-state index is 13.1. The molecular weight excluding hydrogens is 342 g/mol. The third-order valence-electron chi connectivity index (χ3n) is 3.09. The fourth-order valence-electron chi connectivity index (χ4n) is 1.92. The molecule has 0 amide bonds. The van der Waals surface area contributed by atoms with Gasteiger partial charge in [0.2, 0.25) is 0 Å². The van der Waals surface area contributed by atoms with Crippen LogP contribution in [-0.4, -0.2) is 4.98 Å². The second kappa shape index (κ2) is 5.75. The Bertz CT molecular complexity index is 531. The number of nitrogens with zero attached hydrogens (tertiary/aromatic N) is 1. The number of hydrogen-bond acceptors (Lipinski definition) is 2. The van der Waals surface area contributed by atoms with E-state index < -0.39 is 0 Å². The summed E-state index contributed by atoms with van der Waals surface area (Å²) in [7, 11) is 0. The first-order chi connectivity index (χ1) is 8.59. The fourth-order valence-corrected chi connectivity index (χ4v) is 2.75. The standard InChI is InChI=1S/C14H14FIN2/c1-9(10-4-6-18-7-5-10)14(17)12-3-2-11(15)8-13(12)16/h2-9,14H,17H2,1H3. The fraction of sp³-hybridized carbons (Fsp3) is 0.214. The van der Waals surface area contributed by atoms with Crippen LogP contribution in [0.5, 0.6) is 0 Å². The van der Waals surface area contributed by atoms with E-state index in [4.69, 9.17) is 5.73 Å². The Labute approximate surface area is 120 Å². The van der Waals surface area contributed by atoms with E-state index in [1.165, 1.54) is 12.1 Å². The summed E-state index contributed by atoms with van der Waals surface area (Å²) in [6, 6.07) is 8.49. The lowest BCUT2D eigenvalue weighted by Crippen LogP contribution is -2.19. The summed E-state index contributed by atoms with van der Waals surface area (Å²) in [5, 5.41) is 0. The number of halogens is 2. The van der Waals surface area contributed by atoms with E-state index in [9.17, 15) is 4.39 Å². The average Bonchev–Trinajstić information content (AvgIpc) is 2.38. The van der Waals surface area contributed by atoms with Crippen LogP contribution >= 0.6 is 22.6 Å². The van der Waals surface area contributed by atoms with Crippen LogP contribution in [0.15, 0.2) is 42.7 Å². The number of nitrogens with two attached hydrogens (primary N) is 1. The van der Waals surface area contributed by atoms with Crippen molar-refractivity contribution >= 4 is 22.6 Å². The van der Waals surface area contributed by atoms with Gasteiger partial charge >= 0.3 is 0 Å². The van der Waals surface area contributed by atoms with Crippen molar-refractivity contribution in [3.05, 3.63) is 63.2 Å². The quantitative estimate of drug-likeness (QED) is 0.853. The second-order valence-electron chi connectivity index (χ2n) is 4.26. The molecule has 18 heavy (non-hydrogen) atoms. The Morgan fingerprint density at radius 2 is 1.89 bits per heavy atom. The normalized spacial score (nSPS) is 14.2. The van der Waals surface area contributed by atoms with Crippen LogP contribution in [0.1, 0.15) is 30.0 Å². The van der Waals surface area contributed by atoms with Gasteiger partial charge in [-0.25, -0.2) is 4.39 Å². The largest absolute Gasteiger partial charge is 0.323 e. The molecule has 1 aromatic heterocycles. The van der Waals surface area contributed by atoms with Crippen molar-refractivity contribution in [2.75, 3.05) is 0 Å². The second-order valence-corrected chi connectivity index (χ2v) is 5.42. The molecule has 2 atom stereocenters. The van der Waals surface area contributed by atoms with Crippen molar-refractivity contribution in [2.45, 2.75) is 18.9 Å². The molecule has 0 radical (unpaired) electrons. The zero-order valence-corrected chi connectivity index (χ0v) is 12.1. The lowest BCUT2D eigenvalue weighted by atomic mass is 9.90. The Morgan fingerprint density at radius 1 is 1.22 bits per heavy atom. The van der Waals surface area contributed by atoms with Gasteiger partial charge in [-0.1, -0.05) is 13.0 Å². The lowest BCUT2D eigenvalue weighted by molar-refractivity contribution is 0.587. The van der Waals surface area contributed by atoms with Crippen LogP contribution < -0.4 is 5.73 Å². The summed E-state index contributed by atoms with van der Waals surface area (Å²) in [6.45, 7) is 2.07. The summed E-state index contributed by atoms with van der Waals surface area (Å²) in [5.41, 5.74) is 8.38. The van der Waals surface area contributed by atoms with E-state index >= 15 is 0 Å². The SMILES string of the molecule is CC(c1ccncc1)C(N)c1ccc(F)cc1I. The Kier molecular flexibility index (Phi) is 4.29. The van der Waals surface area contributed by atoms with Gasteiger partial charge in [-0.15, -0.1) is 0 Å². The van der Waals surface area contributed by atoms with Crippen molar-refractivity contribution < 1.29 is 4.39 Å². The zero-order valence-electron chi connectivity index (χ0n) is 9.98. The van der Waals surface area contributed by atoms with Gasteiger partial charge in [0.15, 0.2) is 0 Å². The predicted molar refractivity (Wildman–Crippen MR) is 78.7 cm³/mol. The van der Waals surface area contributed by atoms with Gasteiger partial charge in [-0.05, 0) is 58.0 Å². The van der Waals surface area contributed by atoms with Crippen LogP contribution in [0.2, 0.25) is 0 Å². The van der Waals surface area contributed by atoms with Gasteiger partial charge in [0.25, 0.3) is 0 Å².